The number of likely N-dealkylation sites (N-methyl/N-ethyl adjacent to an activating group) is 1. The number of H-pyrrole nitrogens is 1. The van der Waals surface area contributed by atoms with Gasteiger partial charge in [-0.25, -0.2) is 14.0 Å². The molecule has 0 saturated carbocycles. The molecule has 3 N–H and O–H groups in total. The first-order chi connectivity index (χ1) is 36.5. The molecule has 0 aliphatic carbocycles. The summed E-state index contributed by atoms with van der Waals surface area (Å²) in [5.41, 5.74) is 13.9. The molecule has 8 aromatic heterocycles. The lowest BCUT2D eigenvalue weighted by atomic mass is 10.1. The number of fused-ring (bicyclic) bond motifs is 9. The Labute approximate surface area is 441 Å². The van der Waals surface area contributed by atoms with Crippen molar-refractivity contribution in [1.29, 1.82) is 0 Å². The van der Waals surface area contributed by atoms with Crippen LogP contribution >= 0.6 is 0 Å². The van der Waals surface area contributed by atoms with Gasteiger partial charge in [0.05, 0.1) is 117 Å². The van der Waals surface area contributed by atoms with Crippen LogP contribution in [0.25, 0.3) is 68.6 Å². The van der Waals surface area contributed by atoms with Gasteiger partial charge < -0.3 is 24.4 Å². The molecule has 3 aliphatic heterocycles. The van der Waals surface area contributed by atoms with E-state index in [0.717, 1.165) is 115 Å². The molecule has 11 rings (SSSR count). The number of pyridine rings is 2. The van der Waals surface area contributed by atoms with Gasteiger partial charge in [0.2, 0.25) is 17.6 Å². The number of aromatic nitrogens is 14. The van der Waals surface area contributed by atoms with Gasteiger partial charge in [-0.2, -0.15) is 25.5 Å². The number of nitrogens with zero attached hydrogens (tertiary/aromatic N) is 15. The molecule has 21 heteroatoms. The molecule has 1 saturated heterocycles. The monoisotopic (exact) mass is 1030 g/mol. The molecule has 11 heterocycles. The maximum atomic E-state index is 10.5. The van der Waals surface area contributed by atoms with Crippen LogP contribution in [0.4, 0.5) is 0 Å². The standard InChI is InChI=1S/C55H70N16O5/c1-13-74-53-39-17-19-43-41-22-45(49-33(6)60-66(12)54(49)76-37(10)46-15-14-20-67(46)26-48(39)71(64-53)29(2)27-72)57-36(9)52(41)69(63-43)28-70-55-50(34(7)62-70)44-21-40-42(58-59-51(40)35(8)56-44)18-16-38-32(5)61-68(23-30(3)73)47(38)25-65(11)24-31(4)75-55/h16-19,21-22,29-31,37,46,72-73H,13-15,20,23-28H2,1-12H3,(H,58,59)/b18-16+,19-17+/t29-,30-,31-,37+,46+/m0/s1. The van der Waals surface area contributed by atoms with Crippen molar-refractivity contribution >= 4 is 46.1 Å². The summed E-state index contributed by atoms with van der Waals surface area (Å²) in [5.74, 6) is 1.70. The minimum Gasteiger partial charge on any atom is -0.476 e. The lowest BCUT2D eigenvalue weighted by Gasteiger charge is -2.30. The average Bonchev–Trinajstić information content (AvgIpc) is 4.28. The predicted octanol–water partition coefficient (Wildman–Crippen LogP) is 7.04. The Hall–Kier alpha value is -7.20. The van der Waals surface area contributed by atoms with E-state index in [9.17, 15) is 10.2 Å². The molecule has 4 bridgehead atoms. The molecule has 8 aromatic rings. The lowest BCUT2D eigenvalue weighted by Crippen LogP contribution is -2.41. The van der Waals surface area contributed by atoms with Crippen LogP contribution in [0.2, 0.25) is 0 Å². The van der Waals surface area contributed by atoms with Crippen molar-refractivity contribution in [2.45, 2.75) is 139 Å². The second-order valence-corrected chi connectivity index (χ2v) is 21.1. The first-order valence-electron chi connectivity index (χ1n) is 26.6. The van der Waals surface area contributed by atoms with Gasteiger partial charge in [0.25, 0.3) is 0 Å². The molecule has 3 aliphatic rings. The first kappa shape index (κ1) is 50.9. The highest BCUT2D eigenvalue weighted by molar-refractivity contribution is 5.95. The number of aromatic amines is 1. The summed E-state index contributed by atoms with van der Waals surface area (Å²) in [6.45, 7) is 23.3. The van der Waals surface area contributed by atoms with E-state index in [1.54, 1.807) is 6.92 Å². The van der Waals surface area contributed by atoms with Gasteiger partial charge in [-0.05, 0) is 132 Å². The number of hydrogen-bond acceptors (Lipinski definition) is 15. The summed E-state index contributed by atoms with van der Waals surface area (Å²) in [4.78, 5) is 15.2. The van der Waals surface area contributed by atoms with Crippen molar-refractivity contribution in [3.63, 3.8) is 0 Å². The second-order valence-electron chi connectivity index (χ2n) is 21.1. The van der Waals surface area contributed by atoms with Crippen LogP contribution in [0.1, 0.15) is 116 Å². The van der Waals surface area contributed by atoms with Crippen LogP contribution in [0.15, 0.2) is 12.1 Å². The smallest absolute Gasteiger partial charge is 0.240 e. The number of aliphatic hydroxyl groups excluding tert-OH is 2. The fourth-order valence-electron chi connectivity index (χ4n) is 11.7. The number of nitrogens with one attached hydrogen (secondary N) is 1. The van der Waals surface area contributed by atoms with Gasteiger partial charge in [-0.1, -0.05) is 0 Å². The number of rotatable bonds is 8. The molecule has 0 unspecified atom stereocenters. The van der Waals surface area contributed by atoms with Crippen LogP contribution in [0.3, 0.4) is 0 Å². The zero-order chi connectivity index (χ0) is 53.4. The molecule has 76 heavy (non-hydrogen) atoms. The van der Waals surface area contributed by atoms with E-state index in [2.05, 4.69) is 60.1 Å². The van der Waals surface area contributed by atoms with Gasteiger partial charge in [0.1, 0.15) is 24.4 Å². The van der Waals surface area contributed by atoms with Crippen molar-refractivity contribution in [2.24, 2.45) is 7.05 Å². The first-order valence-corrected chi connectivity index (χ1v) is 26.6. The molecule has 5 atom stereocenters. The summed E-state index contributed by atoms with van der Waals surface area (Å²) in [6.07, 6.45) is 9.14. The molecular weight excluding hydrogens is 965 g/mol. The zero-order valence-electron chi connectivity index (χ0n) is 45.7. The van der Waals surface area contributed by atoms with Gasteiger partial charge in [-0.3, -0.25) is 34.2 Å². The normalized spacial score (nSPS) is 19.9. The van der Waals surface area contributed by atoms with Gasteiger partial charge >= 0.3 is 0 Å². The van der Waals surface area contributed by atoms with Crippen LogP contribution in [-0.2, 0) is 33.4 Å². The maximum Gasteiger partial charge on any atom is 0.240 e. The number of aryl methyl sites for hydroxylation is 6. The molecule has 21 nitrogen and oxygen atoms in total. The Balaban J connectivity index is 1.08. The minimum atomic E-state index is -0.582. The zero-order valence-corrected chi connectivity index (χ0v) is 45.7. The average molecular weight is 1040 g/mol. The minimum absolute atomic E-state index is 0.0847. The largest absolute Gasteiger partial charge is 0.476 e. The highest BCUT2D eigenvalue weighted by Gasteiger charge is 2.35. The third-order valence-electron chi connectivity index (χ3n) is 15.1. The van der Waals surface area contributed by atoms with Crippen molar-refractivity contribution in [3.8, 4) is 40.2 Å². The number of aliphatic hydroxyl groups is 2. The summed E-state index contributed by atoms with van der Waals surface area (Å²) in [6, 6.07) is 3.97. The predicted molar refractivity (Wildman–Crippen MR) is 291 cm³/mol. The summed E-state index contributed by atoms with van der Waals surface area (Å²) >= 11 is 0. The van der Waals surface area contributed by atoms with E-state index in [1.807, 2.05) is 91.1 Å². The fourth-order valence-corrected chi connectivity index (χ4v) is 11.7. The Kier molecular flexibility index (Phi) is 13.4. The third-order valence-corrected chi connectivity index (χ3v) is 15.1. The number of ether oxygens (including phenoxy) is 3. The van der Waals surface area contributed by atoms with E-state index >= 15 is 0 Å². The van der Waals surface area contributed by atoms with Crippen LogP contribution in [0.5, 0.6) is 17.6 Å². The molecule has 0 amide bonds. The summed E-state index contributed by atoms with van der Waals surface area (Å²) in [5, 5.41) is 56.2. The topological polar surface area (TPSA) is 218 Å². The Bertz CT molecular complexity index is 3570. The molecule has 1 fully saturated rings. The molecule has 0 aromatic carbocycles. The quantitative estimate of drug-likeness (QED) is 0.139. The highest BCUT2D eigenvalue weighted by Crippen LogP contribution is 2.41. The fraction of sp³-hybridized carbons (Fsp3) is 0.491. The third kappa shape index (κ3) is 9.05. The second kappa shape index (κ2) is 20.1. The van der Waals surface area contributed by atoms with Crippen LogP contribution in [-0.4, -0.2) is 147 Å². The van der Waals surface area contributed by atoms with Crippen LogP contribution < -0.4 is 14.2 Å². The van der Waals surface area contributed by atoms with Gasteiger partial charge in [0.15, 0.2) is 0 Å². The van der Waals surface area contributed by atoms with E-state index < -0.39 is 6.10 Å². The van der Waals surface area contributed by atoms with Crippen molar-refractivity contribution in [3.05, 3.63) is 74.5 Å². The molecule has 400 valence electrons. The lowest BCUT2D eigenvalue weighted by molar-refractivity contribution is 0.0914. The van der Waals surface area contributed by atoms with Gasteiger partial charge in [-0.15, -0.1) is 5.10 Å². The van der Waals surface area contributed by atoms with E-state index in [1.165, 1.54) is 0 Å². The SMILES string of the molecule is CCOc1nn([C@@H](C)CO)c2c1/C=C/c1nn(Cn3nc(C)c4c3O[C@@H](C)CN(C)Cc3c(c(C)nn3C[C@H](C)O)/C=C/c3[nH]nc5c(C)nc-4cc35)c3c(C)nc(cc13)-c1c(C)nn(C)c1O[C@H](C)[C@H]1CCCN1C2. The number of hydrogen-bond donors (Lipinski definition) is 3. The Morgan fingerprint density at radius 1 is 0.776 bits per heavy atom. The Morgan fingerprint density at radius 2 is 1.50 bits per heavy atom. The van der Waals surface area contributed by atoms with Crippen molar-refractivity contribution < 1.29 is 24.4 Å². The van der Waals surface area contributed by atoms with E-state index in [4.69, 9.17) is 54.8 Å². The van der Waals surface area contributed by atoms with E-state index in [0.29, 0.717) is 61.8 Å². The molecule has 0 radical (unpaired) electrons. The molecular formula is C55H70N16O5. The van der Waals surface area contributed by atoms with E-state index in [-0.39, 0.29) is 37.6 Å². The maximum absolute atomic E-state index is 10.5. The van der Waals surface area contributed by atoms with Crippen molar-refractivity contribution in [1.82, 2.24) is 78.9 Å². The van der Waals surface area contributed by atoms with Crippen molar-refractivity contribution in [2.75, 3.05) is 33.4 Å². The summed E-state index contributed by atoms with van der Waals surface area (Å²) in [7, 11) is 4.00. The Morgan fingerprint density at radius 3 is 2.26 bits per heavy atom. The van der Waals surface area contributed by atoms with Crippen LogP contribution in [0, 0.1) is 34.6 Å². The molecule has 0 spiro atoms. The summed E-state index contributed by atoms with van der Waals surface area (Å²) < 4.78 is 29.9. The van der Waals surface area contributed by atoms with Gasteiger partial charge in [0, 0.05) is 49.1 Å². The highest BCUT2D eigenvalue weighted by atomic mass is 16.5.